The molecule has 0 N–H and O–H groups in total. The smallest absolute Gasteiger partial charge is 0.322 e. The first-order valence-corrected chi connectivity index (χ1v) is 5.32. The van der Waals surface area contributed by atoms with Crippen LogP contribution in [0.3, 0.4) is 0 Å². The number of para-hydroxylation sites is 2. The lowest BCUT2D eigenvalue weighted by molar-refractivity contribution is 0.367. The van der Waals surface area contributed by atoms with E-state index in [0.29, 0.717) is 17.5 Å². The molecule has 4 heteroatoms. The number of aromatic nitrogens is 2. The zero-order valence-corrected chi connectivity index (χ0v) is 10.1. The number of aryl methyl sites for hydroxylation is 2. The molecule has 0 aliphatic heterocycles. The molecule has 0 bridgehead atoms. The highest BCUT2D eigenvalue weighted by molar-refractivity contribution is 5.40. The van der Waals surface area contributed by atoms with Gasteiger partial charge in [-0.2, -0.15) is 0 Å². The van der Waals surface area contributed by atoms with Gasteiger partial charge in [-0.05, 0) is 32.0 Å². The molecule has 0 aliphatic carbocycles. The molecule has 1 aromatic carbocycles. The van der Waals surface area contributed by atoms with Gasteiger partial charge in [0.1, 0.15) is 0 Å². The van der Waals surface area contributed by atoms with Crippen molar-refractivity contribution in [1.29, 1.82) is 0 Å². The van der Waals surface area contributed by atoms with Crippen LogP contribution in [0.4, 0.5) is 0 Å². The largest absolute Gasteiger partial charge is 0.493 e. The van der Waals surface area contributed by atoms with Gasteiger partial charge in [-0.15, -0.1) is 0 Å². The van der Waals surface area contributed by atoms with Gasteiger partial charge in [0.05, 0.1) is 7.11 Å². The predicted molar refractivity (Wildman–Crippen MR) is 64.6 cm³/mol. The first-order valence-electron chi connectivity index (χ1n) is 5.32. The van der Waals surface area contributed by atoms with E-state index in [1.807, 2.05) is 44.2 Å². The van der Waals surface area contributed by atoms with E-state index in [4.69, 9.17) is 9.47 Å². The first kappa shape index (κ1) is 11.4. The molecule has 4 nitrogen and oxygen atoms in total. The summed E-state index contributed by atoms with van der Waals surface area (Å²) in [6.45, 7) is 3.81. The van der Waals surface area contributed by atoms with Gasteiger partial charge in [-0.1, -0.05) is 12.1 Å². The Balaban J connectivity index is 2.31. The van der Waals surface area contributed by atoms with Crippen LogP contribution in [0.15, 0.2) is 30.3 Å². The van der Waals surface area contributed by atoms with Crippen LogP contribution in [0.2, 0.25) is 0 Å². The van der Waals surface area contributed by atoms with Crippen LogP contribution < -0.4 is 9.47 Å². The van der Waals surface area contributed by atoms with Crippen LogP contribution in [-0.2, 0) is 0 Å². The van der Waals surface area contributed by atoms with E-state index in [1.165, 1.54) is 0 Å². The van der Waals surface area contributed by atoms with E-state index >= 15 is 0 Å². The molecule has 0 atom stereocenters. The second-order valence-corrected chi connectivity index (χ2v) is 3.69. The number of nitrogens with zero attached hydrogens (tertiary/aromatic N) is 2. The molecule has 88 valence electrons. The topological polar surface area (TPSA) is 44.2 Å². The maximum absolute atomic E-state index is 5.61. The van der Waals surface area contributed by atoms with Gasteiger partial charge >= 0.3 is 6.01 Å². The molecule has 2 rings (SSSR count). The third-order valence-corrected chi connectivity index (χ3v) is 2.23. The Morgan fingerprint density at radius 1 is 0.941 bits per heavy atom. The minimum Gasteiger partial charge on any atom is -0.493 e. The van der Waals surface area contributed by atoms with Crippen molar-refractivity contribution >= 4 is 0 Å². The van der Waals surface area contributed by atoms with Crippen LogP contribution >= 0.6 is 0 Å². The summed E-state index contributed by atoms with van der Waals surface area (Å²) < 4.78 is 10.8. The molecule has 0 spiro atoms. The lowest BCUT2D eigenvalue weighted by Gasteiger charge is -2.09. The third kappa shape index (κ3) is 2.72. The second kappa shape index (κ2) is 4.82. The highest BCUT2D eigenvalue weighted by atomic mass is 16.5. The standard InChI is InChI=1S/C13H14N2O2/c1-9-8-10(2)15-13(14-9)17-12-7-5-4-6-11(12)16-3/h4-8H,1-3H3. The van der Waals surface area contributed by atoms with E-state index in [-0.39, 0.29) is 0 Å². The summed E-state index contributed by atoms with van der Waals surface area (Å²) >= 11 is 0. The maximum atomic E-state index is 5.61. The van der Waals surface area contributed by atoms with E-state index < -0.39 is 0 Å². The van der Waals surface area contributed by atoms with Crippen molar-refractivity contribution in [2.24, 2.45) is 0 Å². The Bertz CT molecular complexity index is 506. The van der Waals surface area contributed by atoms with Gasteiger partial charge in [0.25, 0.3) is 0 Å². The third-order valence-electron chi connectivity index (χ3n) is 2.23. The Hall–Kier alpha value is -2.10. The van der Waals surface area contributed by atoms with Crippen molar-refractivity contribution < 1.29 is 9.47 Å². The van der Waals surface area contributed by atoms with Crippen LogP contribution in [-0.4, -0.2) is 17.1 Å². The molecule has 1 aromatic heterocycles. The van der Waals surface area contributed by atoms with Gasteiger partial charge < -0.3 is 9.47 Å². The average Bonchev–Trinajstić information content (AvgIpc) is 2.28. The molecule has 0 amide bonds. The van der Waals surface area contributed by atoms with Crippen LogP contribution in [0.5, 0.6) is 17.5 Å². The molecule has 0 saturated heterocycles. The molecule has 0 unspecified atom stereocenters. The van der Waals surface area contributed by atoms with Crippen molar-refractivity contribution in [3.05, 3.63) is 41.7 Å². The van der Waals surface area contributed by atoms with Crippen molar-refractivity contribution in [2.75, 3.05) is 7.11 Å². The number of ether oxygens (including phenoxy) is 2. The van der Waals surface area contributed by atoms with Crippen molar-refractivity contribution in [3.8, 4) is 17.5 Å². The minimum atomic E-state index is 0.340. The summed E-state index contributed by atoms with van der Waals surface area (Å²) in [5.41, 5.74) is 1.75. The Labute approximate surface area is 100 Å². The highest BCUT2D eigenvalue weighted by Crippen LogP contribution is 2.29. The highest BCUT2D eigenvalue weighted by Gasteiger charge is 2.07. The number of methoxy groups -OCH3 is 1. The van der Waals surface area contributed by atoms with Gasteiger partial charge in [-0.3, -0.25) is 0 Å². The number of hydrogen-bond acceptors (Lipinski definition) is 4. The van der Waals surface area contributed by atoms with Gasteiger partial charge in [0.2, 0.25) is 0 Å². The summed E-state index contributed by atoms with van der Waals surface area (Å²) in [7, 11) is 1.60. The van der Waals surface area contributed by atoms with Gasteiger partial charge in [0, 0.05) is 11.4 Å². The number of benzene rings is 1. The molecule has 0 radical (unpaired) electrons. The van der Waals surface area contributed by atoms with Crippen LogP contribution in [0, 0.1) is 13.8 Å². The molecule has 0 aliphatic rings. The van der Waals surface area contributed by atoms with Crippen LogP contribution in [0.25, 0.3) is 0 Å². The zero-order chi connectivity index (χ0) is 12.3. The molecule has 2 aromatic rings. The second-order valence-electron chi connectivity index (χ2n) is 3.69. The molecule has 1 heterocycles. The molecule has 0 saturated carbocycles. The zero-order valence-electron chi connectivity index (χ0n) is 10.1. The van der Waals surface area contributed by atoms with Crippen molar-refractivity contribution in [2.45, 2.75) is 13.8 Å². The van der Waals surface area contributed by atoms with Crippen LogP contribution in [0.1, 0.15) is 11.4 Å². The van der Waals surface area contributed by atoms with Gasteiger partial charge in [-0.25, -0.2) is 9.97 Å². The normalized spacial score (nSPS) is 10.1. The molecular formula is C13H14N2O2. The van der Waals surface area contributed by atoms with Crippen molar-refractivity contribution in [3.63, 3.8) is 0 Å². The summed E-state index contributed by atoms with van der Waals surface area (Å²) in [6, 6.07) is 9.65. The molecular weight excluding hydrogens is 216 g/mol. The summed E-state index contributed by atoms with van der Waals surface area (Å²) in [5, 5.41) is 0. The number of rotatable bonds is 3. The first-order chi connectivity index (χ1) is 8.19. The Morgan fingerprint density at radius 3 is 2.12 bits per heavy atom. The molecule has 17 heavy (non-hydrogen) atoms. The SMILES string of the molecule is COc1ccccc1Oc1nc(C)cc(C)n1. The van der Waals surface area contributed by atoms with Crippen molar-refractivity contribution in [1.82, 2.24) is 9.97 Å². The summed E-state index contributed by atoms with van der Waals surface area (Å²) in [6.07, 6.45) is 0. The fourth-order valence-electron chi connectivity index (χ4n) is 1.54. The van der Waals surface area contributed by atoms with E-state index in [9.17, 15) is 0 Å². The van der Waals surface area contributed by atoms with E-state index in [1.54, 1.807) is 7.11 Å². The lowest BCUT2D eigenvalue weighted by Crippen LogP contribution is -1.97. The van der Waals surface area contributed by atoms with E-state index in [0.717, 1.165) is 11.4 Å². The summed E-state index contributed by atoms with van der Waals surface area (Å²) in [4.78, 5) is 8.43. The lowest BCUT2D eigenvalue weighted by atomic mass is 10.3. The monoisotopic (exact) mass is 230 g/mol. The summed E-state index contributed by atoms with van der Waals surface area (Å²) in [5.74, 6) is 1.27. The quantitative estimate of drug-likeness (QED) is 0.813. The number of hydrogen-bond donors (Lipinski definition) is 0. The Morgan fingerprint density at radius 2 is 1.53 bits per heavy atom. The Kier molecular flexibility index (Phi) is 3.23. The predicted octanol–water partition coefficient (Wildman–Crippen LogP) is 2.89. The van der Waals surface area contributed by atoms with E-state index in [2.05, 4.69) is 9.97 Å². The fourth-order valence-corrected chi connectivity index (χ4v) is 1.54. The average molecular weight is 230 g/mol. The maximum Gasteiger partial charge on any atom is 0.322 e. The van der Waals surface area contributed by atoms with Gasteiger partial charge in [0.15, 0.2) is 11.5 Å². The fraction of sp³-hybridized carbons (Fsp3) is 0.231. The molecule has 0 fully saturated rings. The minimum absolute atomic E-state index is 0.340.